The summed E-state index contributed by atoms with van der Waals surface area (Å²) in [6, 6.07) is 20.1. The lowest BCUT2D eigenvalue weighted by Gasteiger charge is -2.14. The summed E-state index contributed by atoms with van der Waals surface area (Å²) in [7, 11) is 0. The Morgan fingerprint density at radius 3 is 2.24 bits per heavy atom. The average molecular weight is 278 g/mol. The quantitative estimate of drug-likeness (QED) is 0.798. The van der Waals surface area contributed by atoms with E-state index in [9.17, 15) is 0 Å². The van der Waals surface area contributed by atoms with Crippen molar-refractivity contribution in [3.05, 3.63) is 77.9 Å². The summed E-state index contributed by atoms with van der Waals surface area (Å²) in [5, 5.41) is 8.46. The van der Waals surface area contributed by atoms with Crippen LogP contribution in [-0.4, -0.2) is 14.8 Å². The van der Waals surface area contributed by atoms with Gasteiger partial charge in [0.15, 0.2) is 5.82 Å². The second kappa shape index (κ2) is 5.89. The molecule has 21 heavy (non-hydrogen) atoms. The Kier molecular flexibility index (Phi) is 3.79. The Balaban J connectivity index is 1.93. The predicted octanol–water partition coefficient (Wildman–Crippen LogP) is 2.82. The van der Waals surface area contributed by atoms with Crippen molar-refractivity contribution in [2.45, 2.75) is 19.4 Å². The number of hydrogen-bond acceptors (Lipinski definition) is 3. The Morgan fingerprint density at radius 2 is 1.57 bits per heavy atom. The maximum Gasteiger partial charge on any atom is 0.154 e. The number of aromatic nitrogens is 3. The Labute approximate surface area is 124 Å². The van der Waals surface area contributed by atoms with Gasteiger partial charge in [0, 0.05) is 5.69 Å². The van der Waals surface area contributed by atoms with Gasteiger partial charge >= 0.3 is 0 Å². The molecule has 3 aromatic rings. The topological polar surface area (TPSA) is 56.7 Å². The fourth-order valence-corrected chi connectivity index (χ4v) is 2.47. The van der Waals surface area contributed by atoms with E-state index in [1.165, 1.54) is 5.56 Å². The maximum absolute atomic E-state index is 6.36. The molecule has 4 heteroatoms. The first-order valence-electron chi connectivity index (χ1n) is 7.02. The maximum atomic E-state index is 6.36. The molecule has 0 saturated heterocycles. The lowest BCUT2D eigenvalue weighted by Crippen LogP contribution is -2.19. The molecule has 106 valence electrons. The summed E-state index contributed by atoms with van der Waals surface area (Å²) in [6.07, 6.45) is 0.742. The first kappa shape index (κ1) is 13.5. The molecule has 2 N–H and O–H groups in total. The Morgan fingerprint density at radius 1 is 0.952 bits per heavy atom. The summed E-state index contributed by atoms with van der Waals surface area (Å²) in [5.41, 5.74) is 8.59. The lowest BCUT2D eigenvalue weighted by molar-refractivity contribution is 0.648. The van der Waals surface area contributed by atoms with Crippen LogP contribution in [0.4, 0.5) is 0 Å². The highest BCUT2D eigenvalue weighted by Crippen LogP contribution is 2.19. The average Bonchev–Trinajstić information content (AvgIpc) is 2.91. The van der Waals surface area contributed by atoms with E-state index >= 15 is 0 Å². The molecule has 0 amide bonds. The zero-order valence-electron chi connectivity index (χ0n) is 12.0. The molecular formula is C17H18N4. The van der Waals surface area contributed by atoms with Gasteiger partial charge in [-0.2, -0.15) is 0 Å². The minimum Gasteiger partial charge on any atom is -0.321 e. The molecule has 2 aromatic carbocycles. The SMILES string of the molecule is Cc1nnc(C(N)Cc2ccccc2)n1-c1ccccc1. The number of hydrogen-bond donors (Lipinski definition) is 1. The van der Waals surface area contributed by atoms with E-state index in [2.05, 4.69) is 22.3 Å². The molecule has 0 bridgehead atoms. The van der Waals surface area contributed by atoms with Crippen LogP contribution in [0.5, 0.6) is 0 Å². The molecule has 0 saturated carbocycles. The monoisotopic (exact) mass is 278 g/mol. The van der Waals surface area contributed by atoms with Crippen molar-refractivity contribution < 1.29 is 0 Å². The van der Waals surface area contributed by atoms with Gasteiger partial charge in [-0.1, -0.05) is 48.5 Å². The van der Waals surface area contributed by atoms with Crippen molar-refractivity contribution in [1.82, 2.24) is 14.8 Å². The van der Waals surface area contributed by atoms with Crippen LogP contribution in [-0.2, 0) is 6.42 Å². The number of nitrogens with zero attached hydrogens (tertiary/aromatic N) is 3. The molecule has 3 rings (SSSR count). The van der Waals surface area contributed by atoms with Crippen LogP contribution in [0.1, 0.15) is 23.3 Å². The first-order chi connectivity index (χ1) is 10.3. The number of aryl methyl sites for hydroxylation is 1. The number of benzene rings is 2. The van der Waals surface area contributed by atoms with Gasteiger partial charge in [-0.05, 0) is 31.0 Å². The van der Waals surface area contributed by atoms with E-state index in [4.69, 9.17) is 5.73 Å². The Bertz CT molecular complexity index is 704. The zero-order chi connectivity index (χ0) is 14.7. The third kappa shape index (κ3) is 2.85. The fourth-order valence-electron chi connectivity index (χ4n) is 2.47. The normalized spacial score (nSPS) is 12.3. The van der Waals surface area contributed by atoms with Crippen LogP contribution < -0.4 is 5.73 Å². The van der Waals surface area contributed by atoms with Crippen molar-refractivity contribution in [2.24, 2.45) is 5.73 Å². The molecular weight excluding hydrogens is 260 g/mol. The molecule has 1 aromatic heterocycles. The van der Waals surface area contributed by atoms with Crippen molar-refractivity contribution in [1.29, 1.82) is 0 Å². The fraction of sp³-hybridized carbons (Fsp3) is 0.176. The van der Waals surface area contributed by atoms with Gasteiger partial charge in [0.05, 0.1) is 6.04 Å². The minimum atomic E-state index is -0.186. The molecule has 0 spiro atoms. The highest BCUT2D eigenvalue weighted by atomic mass is 15.3. The van der Waals surface area contributed by atoms with E-state index in [0.717, 1.165) is 23.8 Å². The van der Waals surface area contributed by atoms with Crippen LogP contribution >= 0.6 is 0 Å². The summed E-state index contributed by atoms with van der Waals surface area (Å²) in [5.74, 6) is 1.64. The van der Waals surface area contributed by atoms with Gasteiger partial charge in [0.2, 0.25) is 0 Å². The Hall–Kier alpha value is -2.46. The molecule has 0 aliphatic heterocycles. The van der Waals surface area contributed by atoms with Crippen LogP contribution in [0.3, 0.4) is 0 Å². The predicted molar refractivity (Wildman–Crippen MR) is 83.2 cm³/mol. The molecule has 0 fully saturated rings. The van der Waals surface area contributed by atoms with Crippen molar-refractivity contribution in [3.8, 4) is 5.69 Å². The van der Waals surface area contributed by atoms with Gasteiger partial charge in [0.25, 0.3) is 0 Å². The number of rotatable bonds is 4. The molecule has 1 atom stereocenters. The van der Waals surface area contributed by atoms with Gasteiger partial charge in [-0.3, -0.25) is 4.57 Å². The third-order valence-electron chi connectivity index (χ3n) is 3.49. The number of nitrogens with two attached hydrogens (primary N) is 1. The van der Waals surface area contributed by atoms with Crippen LogP contribution in [0.15, 0.2) is 60.7 Å². The second-order valence-corrected chi connectivity index (χ2v) is 5.07. The minimum absolute atomic E-state index is 0.186. The summed E-state index contributed by atoms with van der Waals surface area (Å²) < 4.78 is 2.02. The molecule has 1 heterocycles. The molecule has 4 nitrogen and oxygen atoms in total. The van der Waals surface area contributed by atoms with Crippen LogP contribution in [0.2, 0.25) is 0 Å². The third-order valence-corrected chi connectivity index (χ3v) is 3.49. The standard InChI is InChI=1S/C17H18N4/c1-13-19-20-17(21(13)15-10-6-3-7-11-15)16(18)12-14-8-4-2-5-9-14/h2-11,16H,12,18H2,1H3. The zero-order valence-corrected chi connectivity index (χ0v) is 12.0. The molecule has 0 aliphatic rings. The van der Waals surface area contributed by atoms with Gasteiger partial charge in [-0.15, -0.1) is 10.2 Å². The van der Waals surface area contributed by atoms with E-state index in [1.807, 2.05) is 60.0 Å². The second-order valence-electron chi connectivity index (χ2n) is 5.07. The van der Waals surface area contributed by atoms with Crippen molar-refractivity contribution in [2.75, 3.05) is 0 Å². The van der Waals surface area contributed by atoms with Crippen LogP contribution in [0.25, 0.3) is 5.69 Å². The first-order valence-corrected chi connectivity index (χ1v) is 7.02. The smallest absolute Gasteiger partial charge is 0.154 e. The van der Waals surface area contributed by atoms with E-state index in [1.54, 1.807) is 0 Å². The van der Waals surface area contributed by atoms with E-state index in [0.29, 0.717) is 0 Å². The van der Waals surface area contributed by atoms with Gasteiger partial charge < -0.3 is 5.73 Å². The van der Waals surface area contributed by atoms with E-state index in [-0.39, 0.29) is 6.04 Å². The van der Waals surface area contributed by atoms with Crippen LogP contribution in [0, 0.1) is 6.92 Å². The molecule has 1 unspecified atom stereocenters. The number of para-hydroxylation sites is 1. The highest BCUT2D eigenvalue weighted by Gasteiger charge is 2.17. The van der Waals surface area contributed by atoms with Gasteiger partial charge in [-0.25, -0.2) is 0 Å². The summed E-state index contributed by atoms with van der Waals surface area (Å²) >= 11 is 0. The molecule has 0 radical (unpaired) electrons. The van der Waals surface area contributed by atoms with Crippen molar-refractivity contribution >= 4 is 0 Å². The van der Waals surface area contributed by atoms with Gasteiger partial charge in [0.1, 0.15) is 5.82 Å². The van der Waals surface area contributed by atoms with Crippen molar-refractivity contribution in [3.63, 3.8) is 0 Å². The summed E-state index contributed by atoms with van der Waals surface area (Å²) in [6.45, 7) is 1.94. The summed E-state index contributed by atoms with van der Waals surface area (Å²) in [4.78, 5) is 0. The largest absolute Gasteiger partial charge is 0.321 e. The molecule has 0 aliphatic carbocycles. The lowest BCUT2D eigenvalue weighted by atomic mass is 10.1. The highest BCUT2D eigenvalue weighted by molar-refractivity contribution is 5.34. The van der Waals surface area contributed by atoms with E-state index < -0.39 is 0 Å².